The van der Waals surface area contributed by atoms with Gasteiger partial charge in [0.1, 0.15) is 0 Å². The lowest BCUT2D eigenvalue weighted by Crippen LogP contribution is -2.11. The number of nitrogens with zero attached hydrogens (tertiary/aromatic N) is 1. The lowest BCUT2D eigenvalue weighted by Gasteiger charge is -2.08. The molecule has 1 amide bonds. The standard InChI is InChI=1S/C30H27N3O2/c1-19-10-16-27-25(18-19)24(30(33-27)28-17-13-22-6-3-4-8-26(22)32-28)7-5-9-29(35)31-23-14-11-21(12-15-23)20(2)34/h3-4,6,8,10-18,33H,5,7,9H2,1-2H3,(H,31,35). The summed E-state index contributed by atoms with van der Waals surface area (Å²) in [6.45, 7) is 3.62. The number of rotatable bonds is 7. The number of hydrogen-bond donors (Lipinski definition) is 2. The molecule has 0 spiro atoms. The van der Waals surface area contributed by atoms with E-state index in [0.717, 1.165) is 34.2 Å². The number of carbonyl (C=O) groups is 2. The summed E-state index contributed by atoms with van der Waals surface area (Å²) in [5, 5.41) is 5.22. The molecule has 2 N–H and O–H groups in total. The van der Waals surface area contributed by atoms with Crippen molar-refractivity contribution in [2.24, 2.45) is 0 Å². The van der Waals surface area contributed by atoms with Crippen LogP contribution in [0.2, 0.25) is 0 Å². The van der Waals surface area contributed by atoms with E-state index < -0.39 is 0 Å². The van der Waals surface area contributed by atoms with Crippen LogP contribution in [0.5, 0.6) is 0 Å². The van der Waals surface area contributed by atoms with E-state index >= 15 is 0 Å². The molecule has 0 atom stereocenters. The third-order valence-corrected chi connectivity index (χ3v) is 6.32. The number of pyridine rings is 1. The predicted molar refractivity (Wildman–Crippen MR) is 142 cm³/mol. The van der Waals surface area contributed by atoms with E-state index in [-0.39, 0.29) is 11.7 Å². The van der Waals surface area contributed by atoms with E-state index in [9.17, 15) is 9.59 Å². The van der Waals surface area contributed by atoms with Crippen LogP contribution in [0.1, 0.15) is 41.3 Å². The molecular weight excluding hydrogens is 434 g/mol. The maximum absolute atomic E-state index is 12.6. The molecule has 5 nitrogen and oxygen atoms in total. The molecule has 5 rings (SSSR count). The van der Waals surface area contributed by atoms with Crippen LogP contribution in [0.4, 0.5) is 5.69 Å². The van der Waals surface area contributed by atoms with Gasteiger partial charge in [0, 0.05) is 34.0 Å². The van der Waals surface area contributed by atoms with Gasteiger partial charge in [0.25, 0.3) is 0 Å². The quantitative estimate of drug-likeness (QED) is 0.260. The van der Waals surface area contributed by atoms with Gasteiger partial charge in [0.2, 0.25) is 5.91 Å². The van der Waals surface area contributed by atoms with Crippen molar-refractivity contribution in [3.05, 3.63) is 95.6 Å². The molecule has 0 aliphatic heterocycles. The van der Waals surface area contributed by atoms with Crippen LogP contribution in [-0.4, -0.2) is 21.7 Å². The molecule has 0 aliphatic carbocycles. The van der Waals surface area contributed by atoms with Crippen molar-refractivity contribution in [2.45, 2.75) is 33.1 Å². The van der Waals surface area contributed by atoms with Gasteiger partial charge in [0.05, 0.1) is 16.9 Å². The van der Waals surface area contributed by atoms with Crippen LogP contribution >= 0.6 is 0 Å². The molecule has 0 saturated carbocycles. The van der Waals surface area contributed by atoms with Crippen LogP contribution in [0.3, 0.4) is 0 Å². The van der Waals surface area contributed by atoms with E-state index in [1.807, 2.05) is 18.2 Å². The summed E-state index contributed by atoms with van der Waals surface area (Å²) in [7, 11) is 0. The summed E-state index contributed by atoms with van der Waals surface area (Å²) in [6.07, 6.45) is 1.86. The number of H-pyrrole nitrogens is 1. The zero-order valence-corrected chi connectivity index (χ0v) is 19.9. The minimum absolute atomic E-state index is 0.00792. The molecule has 35 heavy (non-hydrogen) atoms. The molecule has 174 valence electrons. The van der Waals surface area contributed by atoms with Crippen LogP contribution in [0.25, 0.3) is 33.2 Å². The van der Waals surface area contributed by atoms with E-state index in [1.165, 1.54) is 23.4 Å². The van der Waals surface area contributed by atoms with Crippen LogP contribution in [0, 0.1) is 6.92 Å². The number of nitrogens with one attached hydrogen (secondary N) is 2. The molecular formula is C30H27N3O2. The molecule has 0 saturated heterocycles. The predicted octanol–water partition coefficient (Wildman–Crippen LogP) is 6.86. The van der Waals surface area contributed by atoms with Crippen molar-refractivity contribution in [1.29, 1.82) is 0 Å². The van der Waals surface area contributed by atoms with Gasteiger partial charge in [-0.1, -0.05) is 35.9 Å². The first-order chi connectivity index (χ1) is 17.0. The normalized spacial score (nSPS) is 11.1. The zero-order chi connectivity index (χ0) is 24.4. The Morgan fingerprint density at radius 2 is 1.74 bits per heavy atom. The summed E-state index contributed by atoms with van der Waals surface area (Å²) in [5.41, 5.74) is 7.66. The first kappa shape index (κ1) is 22.5. The maximum atomic E-state index is 12.6. The molecule has 0 fully saturated rings. The smallest absolute Gasteiger partial charge is 0.224 e. The highest BCUT2D eigenvalue weighted by Gasteiger charge is 2.15. The van der Waals surface area contributed by atoms with Gasteiger partial charge in [-0.25, -0.2) is 4.98 Å². The highest BCUT2D eigenvalue weighted by atomic mass is 16.1. The Balaban J connectivity index is 1.36. The van der Waals surface area contributed by atoms with Gasteiger partial charge >= 0.3 is 0 Å². The van der Waals surface area contributed by atoms with Crippen LogP contribution in [0.15, 0.2) is 78.9 Å². The number of aromatic nitrogens is 2. The molecule has 0 aliphatic rings. The number of fused-ring (bicyclic) bond motifs is 2. The molecule has 0 radical (unpaired) electrons. The van der Waals surface area contributed by atoms with Gasteiger partial charge in [-0.15, -0.1) is 0 Å². The fourth-order valence-corrected chi connectivity index (χ4v) is 4.48. The average Bonchev–Trinajstić information content (AvgIpc) is 3.21. The van der Waals surface area contributed by atoms with Crippen molar-refractivity contribution in [3.8, 4) is 11.4 Å². The van der Waals surface area contributed by atoms with E-state index in [0.29, 0.717) is 24.1 Å². The van der Waals surface area contributed by atoms with E-state index in [2.05, 4.69) is 53.6 Å². The molecule has 0 unspecified atom stereocenters. The third-order valence-electron chi connectivity index (χ3n) is 6.32. The number of aromatic amines is 1. The van der Waals surface area contributed by atoms with Crippen molar-refractivity contribution in [2.75, 3.05) is 5.32 Å². The Hall–Kier alpha value is -4.25. The highest BCUT2D eigenvalue weighted by Crippen LogP contribution is 2.32. The molecule has 5 heteroatoms. The summed E-state index contributed by atoms with van der Waals surface area (Å²) in [4.78, 5) is 32.5. The zero-order valence-electron chi connectivity index (χ0n) is 19.9. The largest absolute Gasteiger partial charge is 0.353 e. The second-order valence-electron chi connectivity index (χ2n) is 8.95. The number of ketones is 1. The third kappa shape index (κ3) is 4.85. The summed E-state index contributed by atoms with van der Waals surface area (Å²) >= 11 is 0. The number of anilines is 1. The Morgan fingerprint density at radius 3 is 2.54 bits per heavy atom. The number of carbonyl (C=O) groups excluding carboxylic acids is 2. The number of para-hydroxylation sites is 1. The Kier molecular flexibility index (Phi) is 6.15. The Bertz CT molecular complexity index is 1550. The van der Waals surface area contributed by atoms with E-state index in [4.69, 9.17) is 4.98 Å². The number of hydrogen-bond acceptors (Lipinski definition) is 3. The molecule has 5 aromatic rings. The number of aryl methyl sites for hydroxylation is 2. The number of benzene rings is 3. The summed E-state index contributed by atoms with van der Waals surface area (Å²) in [6, 6.07) is 25.7. The van der Waals surface area contributed by atoms with Gasteiger partial charge in [-0.2, -0.15) is 0 Å². The van der Waals surface area contributed by atoms with Crippen LogP contribution < -0.4 is 5.32 Å². The van der Waals surface area contributed by atoms with Crippen molar-refractivity contribution in [3.63, 3.8) is 0 Å². The molecule has 0 bridgehead atoms. The topological polar surface area (TPSA) is 74.8 Å². The molecule has 2 aromatic heterocycles. The summed E-state index contributed by atoms with van der Waals surface area (Å²) < 4.78 is 0. The monoisotopic (exact) mass is 461 g/mol. The van der Waals surface area contributed by atoms with Gasteiger partial charge in [-0.3, -0.25) is 9.59 Å². The first-order valence-electron chi connectivity index (χ1n) is 11.9. The van der Waals surface area contributed by atoms with Crippen molar-refractivity contribution in [1.82, 2.24) is 9.97 Å². The van der Waals surface area contributed by atoms with Crippen molar-refractivity contribution >= 4 is 39.2 Å². The van der Waals surface area contributed by atoms with E-state index in [1.54, 1.807) is 24.3 Å². The fourth-order valence-electron chi connectivity index (χ4n) is 4.48. The van der Waals surface area contributed by atoms with Crippen LogP contribution in [-0.2, 0) is 11.2 Å². The number of Topliss-reactive ketones (excluding diaryl/α,β-unsaturated/α-hetero) is 1. The van der Waals surface area contributed by atoms with Gasteiger partial charge in [0.15, 0.2) is 5.78 Å². The SMILES string of the molecule is CC(=O)c1ccc(NC(=O)CCCc2c(-c3ccc4ccccc4n3)[nH]c3ccc(C)cc23)cc1. The first-order valence-corrected chi connectivity index (χ1v) is 11.9. The highest BCUT2D eigenvalue weighted by molar-refractivity contribution is 5.96. The number of amides is 1. The Labute approximate surface area is 204 Å². The fraction of sp³-hybridized carbons (Fsp3) is 0.167. The lowest BCUT2D eigenvalue weighted by atomic mass is 10.0. The molecule has 3 aromatic carbocycles. The average molecular weight is 462 g/mol. The second-order valence-corrected chi connectivity index (χ2v) is 8.95. The minimum atomic E-state index is -0.0398. The maximum Gasteiger partial charge on any atom is 0.224 e. The van der Waals surface area contributed by atoms with Crippen molar-refractivity contribution < 1.29 is 9.59 Å². The molecule has 2 heterocycles. The van der Waals surface area contributed by atoms with Gasteiger partial charge < -0.3 is 10.3 Å². The lowest BCUT2D eigenvalue weighted by molar-refractivity contribution is -0.116. The van der Waals surface area contributed by atoms with Gasteiger partial charge in [-0.05, 0) is 80.8 Å². The Morgan fingerprint density at radius 1 is 0.943 bits per heavy atom. The minimum Gasteiger partial charge on any atom is -0.353 e. The second kappa shape index (κ2) is 9.55. The summed E-state index contributed by atoms with van der Waals surface area (Å²) in [5.74, 6) is -0.0319.